The summed E-state index contributed by atoms with van der Waals surface area (Å²) in [7, 11) is -0.725. The maximum absolute atomic E-state index is 11.8. The number of rotatable bonds is 4. The van der Waals surface area contributed by atoms with Gasteiger partial charge in [-0.15, -0.1) is 0 Å². The van der Waals surface area contributed by atoms with Gasteiger partial charge in [-0.25, -0.2) is 4.79 Å². The van der Waals surface area contributed by atoms with Crippen LogP contribution in [0.1, 0.15) is 38.8 Å². The molecule has 1 aromatic carbocycles. The Morgan fingerprint density at radius 1 is 1.37 bits per heavy atom. The van der Waals surface area contributed by atoms with Gasteiger partial charge in [-0.05, 0) is 30.9 Å². The molecular formula is C14H21O4P. The minimum atomic E-state index is -0.781. The number of carbonyl (C=O) groups excluding carboxylic acids is 1. The van der Waals surface area contributed by atoms with E-state index >= 15 is 0 Å². The molecule has 0 aromatic heterocycles. The lowest BCUT2D eigenvalue weighted by Crippen LogP contribution is -2.25. The van der Waals surface area contributed by atoms with E-state index in [9.17, 15) is 4.79 Å². The molecule has 0 bridgehead atoms. The van der Waals surface area contributed by atoms with Gasteiger partial charge in [0.15, 0.2) is 15.1 Å². The Bertz CT molecular complexity index is 451. The van der Waals surface area contributed by atoms with Gasteiger partial charge in [0, 0.05) is 5.56 Å². The first-order valence-corrected chi connectivity index (χ1v) is 6.99. The van der Waals surface area contributed by atoms with E-state index in [1.807, 2.05) is 25.1 Å². The maximum Gasteiger partial charge on any atom is 0.340 e. The van der Waals surface area contributed by atoms with Crippen LogP contribution in [0.3, 0.4) is 0 Å². The topological polar surface area (TPSA) is 55.8 Å². The molecule has 0 spiro atoms. The molecule has 0 saturated heterocycles. The molecule has 106 valence electrons. The summed E-state index contributed by atoms with van der Waals surface area (Å²) in [5.74, 6) is 0.0480. The van der Waals surface area contributed by atoms with Crippen LogP contribution in [0.2, 0.25) is 0 Å². The molecular weight excluding hydrogens is 263 g/mol. The second-order valence-electron chi connectivity index (χ2n) is 5.52. The van der Waals surface area contributed by atoms with E-state index in [2.05, 4.69) is 20.8 Å². The summed E-state index contributed by atoms with van der Waals surface area (Å²) in [6, 6.07) is 5.80. The molecule has 0 radical (unpaired) electrons. The summed E-state index contributed by atoms with van der Waals surface area (Å²) in [5.41, 5.74) is 1.87. The predicted octanol–water partition coefficient (Wildman–Crippen LogP) is 3.10. The van der Waals surface area contributed by atoms with Gasteiger partial charge < -0.3 is 14.2 Å². The summed E-state index contributed by atoms with van der Waals surface area (Å²) in [6.45, 7) is 9.68. The molecule has 19 heavy (non-hydrogen) atoms. The highest BCUT2D eigenvalue weighted by Gasteiger charge is 2.23. The summed E-state index contributed by atoms with van der Waals surface area (Å²) in [6.07, 6.45) is -0.781. The molecule has 1 aromatic rings. The van der Waals surface area contributed by atoms with E-state index in [0.717, 1.165) is 11.1 Å². The molecule has 0 saturated carbocycles. The van der Waals surface area contributed by atoms with Crippen molar-refractivity contribution >= 4 is 15.0 Å². The number of hydrogen-bond donors (Lipinski definition) is 1. The summed E-state index contributed by atoms with van der Waals surface area (Å²) in [5, 5.41) is 0. The number of ether oxygens (including phenoxy) is 1. The van der Waals surface area contributed by atoms with E-state index in [0.29, 0.717) is 5.75 Å². The molecule has 1 N–H and O–H groups in total. The lowest BCUT2D eigenvalue weighted by atomic mass is 9.86. The molecule has 0 aliphatic rings. The molecule has 2 unspecified atom stereocenters. The molecule has 4 nitrogen and oxygen atoms in total. The van der Waals surface area contributed by atoms with E-state index in [-0.39, 0.29) is 5.41 Å². The Hall–Kier alpha value is -0.960. The van der Waals surface area contributed by atoms with Crippen LogP contribution in [-0.4, -0.2) is 17.0 Å². The van der Waals surface area contributed by atoms with E-state index in [4.69, 9.17) is 14.2 Å². The van der Waals surface area contributed by atoms with Crippen molar-refractivity contribution in [1.82, 2.24) is 0 Å². The van der Waals surface area contributed by atoms with Crippen LogP contribution in [0.4, 0.5) is 0 Å². The number of benzene rings is 1. The summed E-state index contributed by atoms with van der Waals surface area (Å²) in [4.78, 5) is 20.5. The van der Waals surface area contributed by atoms with E-state index in [1.54, 1.807) is 6.92 Å². The molecule has 0 amide bonds. The Morgan fingerprint density at radius 3 is 2.53 bits per heavy atom. The van der Waals surface area contributed by atoms with Crippen molar-refractivity contribution in [3.63, 3.8) is 0 Å². The highest BCUT2D eigenvalue weighted by Crippen LogP contribution is 2.32. The van der Waals surface area contributed by atoms with Gasteiger partial charge in [-0.3, -0.25) is 0 Å². The van der Waals surface area contributed by atoms with Gasteiger partial charge in [-0.1, -0.05) is 32.9 Å². The Morgan fingerprint density at radius 2 is 2.00 bits per heavy atom. The van der Waals surface area contributed by atoms with E-state index in [1.165, 1.54) is 0 Å². The molecule has 0 fully saturated rings. The Kier molecular flexibility index (Phi) is 5.48. The Labute approximate surface area is 116 Å². The molecule has 0 aliphatic carbocycles. The van der Waals surface area contributed by atoms with Gasteiger partial charge >= 0.3 is 5.97 Å². The standard InChI is InChI=1S/C14H21O4P/c1-9-6-7-11(14(3,4)5)12(8-9)17-13(15)10(2)18-19-16/h6-8,10,16,19H,1-5H3. The first kappa shape index (κ1) is 16.1. The lowest BCUT2D eigenvalue weighted by Gasteiger charge is -2.23. The van der Waals surface area contributed by atoms with Crippen molar-refractivity contribution < 1.29 is 18.9 Å². The van der Waals surface area contributed by atoms with Gasteiger partial charge in [0.05, 0.1) is 0 Å². The normalized spacial score (nSPS) is 13.8. The minimum Gasteiger partial charge on any atom is -0.424 e. The second kappa shape index (κ2) is 6.47. The molecule has 1 rings (SSSR count). The van der Waals surface area contributed by atoms with Crippen LogP contribution in [-0.2, 0) is 14.7 Å². The third-order valence-corrected chi connectivity index (χ3v) is 3.18. The third-order valence-electron chi connectivity index (χ3n) is 2.72. The summed E-state index contributed by atoms with van der Waals surface area (Å²) >= 11 is 0. The molecule has 5 heteroatoms. The van der Waals surface area contributed by atoms with Crippen molar-refractivity contribution in [3.8, 4) is 5.75 Å². The fourth-order valence-corrected chi connectivity index (χ4v) is 1.91. The zero-order chi connectivity index (χ0) is 14.6. The van der Waals surface area contributed by atoms with Crippen LogP contribution in [0, 0.1) is 6.92 Å². The van der Waals surface area contributed by atoms with Crippen LogP contribution in [0.5, 0.6) is 5.75 Å². The van der Waals surface area contributed by atoms with Crippen molar-refractivity contribution in [2.24, 2.45) is 0 Å². The third kappa shape index (κ3) is 4.57. The molecule has 0 aliphatic heterocycles. The predicted molar refractivity (Wildman–Crippen MR) is 76.6 cm³/mol. The second-order valence-corrected chi connectivity index (χ2v) is 5.94. The van der Waals surface area contributed by atoms with Crippen LogP contribution >= 0.6 is 9.03 Å². The average Bonchev–Trinajstić information content (AvgIpc) is 2.27. The van der Waals surface area contributed by atoms with Crippen molar-refractivity contribution in [2.45, 2.75) is 46.1 Å². The fourth-order valence-electron chi connectivity index (χ4n) is 1.65. The van der Waals surface area contributed by atoms with Gasteiger partial charge in [-0.2, -0.15) is 0 Å². The smallest absolute Gasteiger partial charge is 0.340 e. The first-order chi connectivity index (χ1) is 8.75. The number of carbonyl (C=O) groups is 1. The summed E-state index contributed by atoms with van der Waals surface area (Å²) < 4.78 is 10.2. The Balaban J connectivity index is 3.00. The number of aryl methyl sites for hydroxylation is 1. The maximum atomic E-state index is 11.8. The zero-order valence-corrected chi connectivity index (χ0v) is 13.0. The monoisotopic (exact) mass is 284 g/mol. The minimum absolute atomic E-state index is 0.119. The van der Waals surface area contributed by atoms with E-state index < -0.39 is 21.1 Å². The van der Waals surface area contributed by atoms with Gasteiger partial charge in [0.2, 0.25) is 0 Å². The largest absolute Gasteiger partial charge is 0.424 e. The quantitative estimate of drug-likeness (QED) is 0.524. The van der Waals surface area contributed by atoms with Crippen molar-refractivity contribution in [2.75, 3.05) is 0 Å². The SMILES string of the molecule is Cc1ccc(C(C)(C)C)c(OC(=O)C(C)OPO)c1. The van der Waals surface area contributed by atoms with Crippen LogP contribution in [0.25, 0.3) is 0 Å². The molecule has 2 atom stereocenters. The first-order valence-electron chi connectivity index (χ1n) is 6.13. The zero-order valence-electron chi connectivity index (χ0n) is 12.0. The fraction of sp³-hybridized carbons (Fsp3) is 0.500. The highest BCUT2D eigenvalue weighted by atomic mass is 31.1. The lowest BCUT2D eigenvalue weighted by molar-refractivity contribution is -0.141. The van der Waals surface area contributed by atoms with Crippen LogP contribution in [0.15, 0.2) is 18.2 Å². The van der Waals surface area contributed by atoms with Crippen molar-refractivity contribution in [1.29, 1.82) is 0 Å². The number of esters is 1. The highest BCUT2D eigenvalue weighted by molar-refractivity contribution is 7.25. The van der Waals surface area contributed by atoms with Crippen LogP contribution < -0.4 is 4.74 Å². The van der Waals surface area contributed by atoms with Gasteiger partial charge in [0.25, 0.3) is 0 Å². The van der Waals surface area contributed by atoms with Crippen molar-refractivity contribution in [3.05, 3.63) is 29.3 Å². The number of hydrogen-bond acceptors (Lipinski definition) is 4. The average molecular weight is 284 g/mol. The molecule has 0 heterocycles. The van der Waals surface area contributed by atoms with Gasteiger partial charge in [0.1, 0.15) is 5.75 Å².